The van der Waals surface area contributed by atoms with Crippen molar-refractivity contribution in [2.75, 3.05) is 52.4 Å². The van der Waals surface area contributed by atoms with Gasteiger partial charge in [0.15, 0.2) is 0 Å². The van der Waals surface area contributed by atoms with Crippen LogP contribution in [-0.4, -0.2) is 99.0 Å². The first-order valence-electron chi connectivity index (χ1n) is 20.8. The SMILES string of the molecule is CCN(CC)CCCNC(=O)Cn1ncc(-c2ccccc2)c1-c1ccccc1.CCN(CC)CCCNC(=O)Cn1ncc(-c2ccccc2)c1-c1ccccc1.O. The van der Waals surface area contributed by atoms with Gasteiger partial charge in [0.2, 0.25) is 11.8 Å². The van der Waals surface area contributed by atoms with Gasteiger partial charge in [-0.3, -0.25) is 19.0 Å². The van der Waals surface area contributed by atoms with Crippen LogP contribution in [0.4, 0.5) is 0 Å². The lowest BCUT2D eigenvalue weighted by atomic mass is 10.0. The first kappa shape index (κ1) is 45.8. The maximum atomic E-state index is 12.5. The number of benzene rings is 4. The van der Waals surface area contributed by atoms with Gasteiger partial charge in [-0.05, 0) is 63.2 Å². The van der Waals surface area contributed by atoms with E-state index in [2.05, 4.69) is 107 Å². The van der Waals surface area contributed by atoms with Crippen molar-refractivity contribution >= 4 is 11.8 Å². The van der Waals surface area contributed by atoms with Crippen molar-refractivity contribution in [3.05, 3.63) is 134 Å². The molecule has 0 atom stereocenters. The number of nitrogens with zero attached hydrogens (tertiary/aromatic N) is 6. The summed E-state index contributed by atoms with van der Waals surface area (Å²) in [5.74, 6) is -0.0196. The van der Waals surface area contributed by atoms with Crippen LogP contribution in [0.25, 0.3) is 44.8 Å². The Hall–Kier alpha value is -5.88. The van der Waals surface area contributed by atoms with E-state index < -0.39 is 0 Å². The fourth-order valence-electron chi connectivity index (χ4n) is 6.99. The Balaban J connectivity index is 0.000000256. The van der Waals surface area contributed by atoms with Crippen LogP contribution in [0.1, 0.15) is 40.5 Å². The van der Waals surface area contributed by atoms with Gasteiger partial charge >= 0.3 is 0 Å². The summed E-state index contributed by atoms with van der Waals surface area (Å²) in [5, 5.41) is 15.2. The second kappa shape index (κ2) is 24.8. The Bertz CT molecular complexity index is 1930. The zero-order valence-corrected chi connectivity index (χ0v) is 35.2. The Morgan fingerprint density at radius 2 is 0.797 bits per heavy atom. The van der Waals surface area contributed by atoms with E-state index >= 15 is 0 Å². The first-order chi connectivity index (χ1) is 28.4. The van der Waals surface area contributed by atoms with Crippen molar-refractivity contribution in [2.24, 2.45) is 0 Å². The maximum absolute atomic E-state index is 12.5. The number of carbonyl (C=O) groups is 2. The molecule has 6 aromatic rings. The number of rotatable bonds is 20. The van der Waals surface area contributed by atoms with Crippen LogP contribution in [0, 0.1) is 0 Å². The van der Waals surface area contributed by atoms with Gasteiger partial charge in [-0.25, -0.2) is 0 Å². The van der Waals surface area contributed by atoms with Gasteiger partial charge in [0.1, 0.15) is 13.1 Å². The van der Waals surface area contributed by atoms with Crippen LogP contribution in [-0.2, 0) is 22.7 Å². The Kier molecular flexibility index (Phi) is 19.3. The van der Waals surface area contributed by atoms with Crippen molar-refractivity contribution < 1.29 is 15.1 Å². The third kappa shape index (κ3) is 13.6. The average Bonchev–Trinajstić information content (AvgIpc) is 3.89. The van der Waals surface area contributed by atoms with E-state index in [1.165, 1.54) is 0 Å². The smallest absolute Gasteiger partial charge is 0.241 e. The fourth-order valence-corrected chi connectivity index (χ4v) is 6.99. The van der Waals surface area contributed by atoms with Crippen molar-refractivity contribution in [3.63, 3.8) is 0 Å². The second-order valence-electron chi connectivity index (χ2n) is 14.1. The van der Waals surface area contributed by atoms with Crippen molar-refractivity contribution in [2.45, 2.75) is 53.6 Å². The molecule has 0 fully saturated rings. The molecule has 0 saturated heterocycles. The number of nitrogens with one attached hydrogen (secondary N) is 2. The standard InChI is InChI=1S/2C24H30N4O.H2O/c2*1-3-27(4-2)17-11-16-25-23(29)19-28-24(21-14-9-6-10-15-21)22(18-26-28)20-12-7-5-8-13-20;/h2*5-10,12-15,18H,3-4,11,16-17,19H2,1-2H3,(H,25,29);1H2. The van der Waals surface area contributed by atoms with Crippen LogP contribution in [0.15, 0.2) is 134 Å². The molecule has 2 amide bonds. The van der Waals surface area contributed by atoms with Crippen molar-refractivity contribution in [1.29, 1.82) is 0 Å². The minimum Gasteiger partial charge on any atom is -0.412 e. The van der Waals surface area contributed by atoms with Crippen LogP contribution < -0.4 is 10.6 Å². The second-order valence-corrected chi connectivity index (χ2v) is 14.1. The van der Waals surface area contributed by atoms with Gasteiger partial charge in [0.25, 0.3) is 0 Å². The molecule has 312 valence electrons. The minimum atomic E-state index is -0.00978. The average molecular weight is 799 g/mol. The quantitative estimate of drug-likeness (QED) is 0.0780. The highest BCUT2D eigenvalue weighted by molar-refractivity contribution is 5.84. The Morgan fingerprint density at radius 3 is 1.10 bits per heavy atom. The molecule has 0 saturated carbocycles. The molecular formula is C48H62N8O3. The van der Waals surface area contributed by atoms with E-state index in [0.29, 0.717) is 13.1 Å². The monoisotopic (exact) mass is 798 g/mol. The molecule has 4 N–H and O–H groups in total. The van der Waals surface area contributed by atoms with Crippen LogP contribution in [0.5, 0.6) is 0 Å². The summed E-state index contributed by atoms with van der Waals surface area (Å²) in [7, 11) is 0. The molecule has 0 aliphatic carbocycles. The number of amides is 2. The normalized spacial score (nSPS) is 10.8. The third-order valence-corrected chi connectivity index (χ3v) is 10.3. The van der Waals surface area contributed by atoms with Crippen molar-refractivity contribution in [1.82, 2.24) is 40.0 Å². The van der Waals surface area contributed by atoms with E-state index in [0.717, 1.165) is 96.9 Å². The van der Waals surface area contributed by atoms with Crippen LogP contribution >= 0.6 is 0 Å². The summed E-state index contributed by atoms with van der Waals surface area (Å²) in [5.41, 5.74) is 8.30. The summed E-state index contributed by atoms with van der Waals surface area (Å²) in [4.78, 5) is 29.8. The van der Waals surface area contributed by atoms with Gasteiger partial charge in [0.05, 0.1) is 23.8 Å². The van der Waals surface area contributed by atoms with Crippen LogP contribution in [0.2, 0.25) is 0 Å². The largest absolute Gasteiger partial charge is 0.412 e. The molecule has 2 aromatic heterocycles. The van der Waals surface area contributed by atoms with Gasteiger partial charge in [0, 0.05) is 35.3 Å². The number of hydrogen-bond donors (Lipinski definition) is 2. The summed E-state index contributed by atoms with van der Waals surface area (Å²) in [6.45, 7) is 16.6. The molecule has 2 heterocycles. The molecule has 0 radical (unpaired) electrons. The molecule has 0 unspecified atom stereocenters. The maximum Gasteiger partial charge on any atom is 0.241 e. The molecule has 0 spiro atoms. The molecule has 0 aliphatic rings. The molecular weight excluding hydrogens is 737 g/mol. The summed E-state index contributed by atoms with van der Waals surface area (Å²) >= 11 is 0. The third-order valence-electron chi connectivity index (χ3n) is 10.3. The first-order valence-corrected chi connectivity index (χ1v) is 20.8. The molecule has 11 nitrogen and oxygen atoms in total. The Morgan fingerprint density at radius 1 is 0.492 bits per heavy atom. The number of carbonyl (C=O) groups excluding carboxylic acids is 2. The highest BCUT2D eigenvalue weighted by Gasteiger charge is 2.18. The number of aromatic nitrogens is 4. The zero-order chi connectivity index (χ0) is 41.0. The highest BCUT2D eigenvalue weighted by atomic mass is 16.2. The molecule has 11 heteroatoms. The highest BCUT2D eigenvalue weighted by Crippen LogP contribution is 2.33. The number of hydrogen-bond acceptors (Lipinski definition) is 6. The van der Waals surface area contributed by atoms with Crippen molar-refractivity contribution in [3.8, 4) is 44.8 Å². The predicted octanol–water partition coefficient (Wildman–Crippen LogP) is 7.31. The van der Waals surface area contributed by atoms with Gasteiger partial charge < -0.3 is 25.9 Å². The lowest BCUT2D eigenvalue weighted by Gasteiger charge is -2.17. The molecule has 4 aromatic carbocycles. The van der Waals surface area contributed by atoms with E-state index in [9.17, 15) is 9.59 Å². The summed E-state index contributed by atoms with van der Waals surface area (Å²) in [6.07, 6.45) is 5.61. The van der Waals surface area contributed by atoms with Gasteiger partial charge in [-0.15, -0.1) is 0 Å². The topological polar surface area (TPSA) is 132 Å². The van der Waals surface area contributed by atoms with Gasteiger partial charge in [-0.1, -0.05) is 149 Å². The van der Waals surface area contributed by atoms with Crippen LogP contribution in [0.3, 0.4) is 0 Å². The Labute approximate surface area is 350 Å². The van der Waals surface area contributed by atoms with E-state index in [1.54, 1.807) is 9.36 Å². The lowest BCUT2D eigenvalue weighted by molar-refractivity contribution is -0.122. The predicted molar refractivity (Wildman–Crippen MR) is 241 cm³/mol. The van der Waals surface area contributed by atoms with Gasteiger partial charge in [-0.2, -0.15) is 10.2 Å². The fraction of sp³-hybridized carbons (Fsp3) is 0.333. The van der Waals surface area contributed by atoms with E-state index in [4.69, 9.17) is 0 Å². The molecule has 59 heavy (non-hydrogen) atoms. The molecule has 0 bridgehead atoms. The molecule has 0 aliphatic heterocycles. The summed E-state index contributed by atoms with van der Waals surface area (Å²) < 4.78 is 3.61. The zero-order valence-electron chi connectivity index (χ0n) is 35.2. The summed E-state index contributed by atoms with van der Waals surface area (Å²) in [6, 6.07) is 40.6. The lowest BCUT2D eigenvalue weighted by Crippen LogP contribution is -2.32. The minimum absolute atomic E-state index is 0. The van der Waals surface area contributed by atoms with E-state index in [-0.39, 0.29) is 30.4 Å². The van der Waals surface area contributed by atoms with E-state index in [1.807, 2.05) is 85.2 Å². The molecule has 6 rings (SSSR count).